The fraction of sp³-hybridized carbons (Fsp3) is 0.333. The highest BCUT2D eigenvalue weighted by Gasteiger charge is 2.35. The number of likely N-dealkylation sites (N-methyl/N-ethyl adjacent to an activating group) is 1. The molecule has 23 heavy (non-hydrogen) atoms. The van der Waals surface area contributed by atoms with Crippen LogP contribution in [0.1, 0.15) is 18.5 Å². The van der Waals surface area contributed by atoms with Crippen LogP contribution in [0.2, 0.25) is 0 Å². The molecular weight excluding hydrogens is 302 g/mol. The second-order valence-corrected chi connectivity index (χ2v) is 4.95. The van der Waals surface area contributed by atoms with E-state index >= 15 is 0 Å². The normalized spacial score (nSPS) is 17.7. The fourth-order valence-corrected chi connectivity index (χ4v) is 2.51. The van der Waals surface area contributed by atoms with Gasteiger partial charge in [-0.25, -0.2) is 9.79 Å². The van der Waals surface area contributed by atoms with Gasteiger partial charge in [0.05, 0.1) is 36.5 Å². The van der Waals surface area contributed by atoms with Crippen LogP contribution < -0.4 is 0 Å². The van der Waals surface area contributed by atoms with E-state index in [1.165, 1.54) is 26.4 Å². The zero-order chi connectivity index (χ0) is 17.1. The number of hydrogen-bond acceptors (Lipinski definition) is 7. The van der Waals surface area contributed by atoms with Gasteiger partial charge in [-0.05, 0) is 24.6 Å². The highest BCUT2D eigenvalue weighted by molar-refractivity contribution is 5.94. The molecule has 1 unspecified atom stereocenters. The Morgan fingerprint density at radius 2 is 1.91 bits per heavy atom. The lowest BCUT2D eigenvalue weighted by Gasteiger charge is -2.34. The highest BCUT2D eigenvalue weighted by Crippen LogP contribution is 2.35. The van der Waals surface area contributed by atoms with Crippen molar-refractivity contribution in [2.45, 2.75) is 13.0 Å². The zero-order valence-corrected chi connectivity index (χ0v) is 13.3. The van der Waals surface area contributed by atoms with E-state index < -0.39 is 16.9 Å². The van der Waals surface area contributed by atoms with E-state index in [0.717, 1.165) is 0 Å². The monoisotopic (exact) mass is 319 g/mol. The quantitative estimate of drug-likeness (QED) is 0.480. The molecule has 1 atom stereocenters. The average Bonchev–Trinajstić information content (AvgIpc) is 2.55. The molecular formula is C15H17N3O5. The van der Waals surface area contributed by atoms with Crippen molar-refractivity contribution in [3.8, 4) is 0 Å². The average molecular weight is 319 g/mol. The lowest BCUT2D eigenvalue weighted by molar-refractivity contribution is -0.384. The molecule has 0 spiro atoms. The Hall–Kier alpha value is -2.90. The van der Waals surface area contributed by atoms with E-state index in [1.54, 1.807) is 31.0 Å². The van der Waals surface area contributed by atoms with Gasteiger partial charge in [-0.1, -0.05) is 0 Å². The number of aliphatic imine (C=N–C) groups is 1. The lowest BCUT2D eigenvalue weighted by Crippen LogP contribution is -2.38. The van der Waals surface area contributed by atoms with E-state index in [1.807, 2.05) is 0 Å². The van der Waals surface area contributed by atoms with Gasteiger partial charge in [0, 0.05) is 19.2 Å². The third kappa shape index (κ3) is 3.01. The number of esters is 1. The van der Waals surface area contributed by atoms with Crippen LogP contribution in [0.15, 0.2) is 40.5 Å². The first-order valence-corrected chi connectivity index (χ1v) is 6.79. The molecule has 8 nitrogen and oxygen atoms in total. The Balaban J connectivity index is 2.54. The second-order valence-electron chi connectivity index (χ2n) is 4.95. The van der Waals surface area contributed by atoms with Crippen LogP contribution in [0.5, 0.6) is 0 Å². The summed E-state index contributed by atoms with van der Waals surface area (Å²) < 4.78 is 10.1. The molecule has 1 aromatic rings. The number of benzene rings is 1. The molecule has 0 radical (unpaired) electrons. The van der Waals surface area contributed by atoms with Gasteiger partial charge in [-0.2, -0.15) is 0 Å². The number of non-ortho nitro benzene ring substituents is 1. The van der Waals surface area contributed by atoms with Crippen molar-refractivity contribution in [2.24, 2.45) is 4.99 Å². The number of allylic oxidation sites excluding steroid dienone is 1. The van der Waals surface area contributed by atoms with Crippen LogP contribution in [0.25, 0.3) is 0 Å². The molecule has 1 heterocycles. The number of nitrogens with zero attached hydrogens (tertiary/aromatic N) is 3. The highest BCUT2D eigenvalue weighted by atomic mass is 16.6. The number of nitro groups is 1. The third-order valence-corrected chi connectivity index (χ3v) is 3.62. The summed E-state index contributed by atoms with van der Waals surface area (Å²) in [6.07, 6.45) is 0. The van der Waals surface area contributed by atoms with Crippen LogP contribution >= 0.6 is 0 Å². The summed E-state index contributed by atoms with van der Waals surface area (Å²) in [6.45, 7) is 1.69. The molecule has 0 fully saturated rings. The number of carbonyl (C=O) groups is 1. The number of ether oxygens (including phenoxy) is 2. The SMILES string of the molecule is COC(=O)C1=C(C)N=C(OC)N(C)C1c1ccc([N+](=O)[O-])cc1. The Labute approximate surface area is 133 Å². The van der Waals surface area contributed by atoms with Gasteiger partial charge in [0.15, 0.2) is 0 Å². The van der Waals surface area contributed by atoms with Gasteiger partial charge >= 0.3 is 5.97 Å². The maximum absolute atomic E-state index is 12.2. The number of hydrogen-bond donors (Lipinski definition) is 0. The van der Waals surface area contributed by atoms with Crippen molar-refractivity contribution in [1.29, 1.82) is 0 Å². The summed E-state index contributed by atoms with van der Waals surface area (Å²) >= 11 is 0. The van der Waals surface area contributed by atoms with E-state index in [9.17, 15) is 14.9 Å². The largest absolute Gasteiger partial charge is 0.468 e. The van der Waals surface area contributed by atoms with Crippen molar-refractivity contribution in [3.63, 3.8) is 0 Å². The molecule has 0 aliphatic carbocycles. The van der Waals surface area contributed by atoms with Crippen LogP contribution in [-0.2, 0) is 14.3 Å². The van der Waals surface area contributed by atoms with Crippen molar-refractivity contribution in [1.82, 2.24) is 4.90 Å². The molecule has 0 aromatic heterocycles. The zero-order valence-electron chi connectivity index (χ0n) is 13.3. The summed E-state index contributed by atoms with van der Waals surface area (Å²) in [7, 11) is 4.51. The molecule has 1 aromatic carbocycles. The van der Waals surface area contributed by atoms with E-state index in [0.29, 0.717) is 22.9 Å². The van der Waals surface area contributed by atoms with Gasteiger partial charge in [0.2, 0.25) is 0 Å². The van der Waals surface area contributed by atoms with Crippen LogP contribution in [-0.4, -0.2) is 43.1 Å². The summed E-state index contributed by atoms with van der Waals surface area (Å²) in [6, 6.07) is 5.84. The molecule has 0 saturated carbocycles. The van der Waals surface area contributed by atoms with Crippen LogP contribution in [0.3, 0.4) is 0 Å². The topological polar surface area (TPSA) is 94.3 Å². The molecule has 1 aliphatic rings. The van der Waals surface area contributed by atoms with Gasteiger partial charge < -0.3 is 14.4 Å². The Morgan fingerprint density at radius 3 is 2.39 bits per heavy atom. The molecule has 8 heteroatoms. The van der Waals surface area contributed by atoms with Gasteiger partial charge in [-0.3, -0.25) is 10.1 Å². The van der Waals surface area contributed by atoms with E-state index in [-0.39, 0.29) is 5.69 Å². The first-order valence-electron chi connectivity index (χ1n) is 6.79. The van der Waals surface area contributed by atoms with E-state index in [4.69, 9.17) is 9.47 Å². The number of carbonyl (C=O) groups excluding carboxylic acids is 1. The third-order valence-electron chi connectivity index (χ3n) is 3.62. The van der Waals surface area contributed by atoms with Crippen molar-refractivity contribution >= 4 is 17.7 Å². The van der Waals surface area contributed by atoms with Crippen LogP contribution in [0.4, 0.5) is 5.69 Å². The maximum atomic E-state index is 12.2. The van der Waals surface area contributed by atoms with Gasteiger partial charge in [0.1, 0.15) is 0 Å². The number of methoxy groups -OCH3 is 2. The van der Waals surface area contributed by atoms with Gasteiger partial charge in [0.25, 0.3) is 11.7 Å². The molecule has 0 saturated heterocycles. The fourth-order valence-electron chi connectivity index (χ4n) is 2.51. The first-order chi connectivity index (χ1) is 10.9. The minimum absolute atomic E-state index is 0.0202. The van der Waals surface area contributed by atoms with Gasteiger partial charge in [-0.15, -0.1) is 0 Å². The minimum atomic E-state index is -0.504. The van der Waals surface area contributed by atoms with Crippen LogP contribution in [0, 0.1) is 10.1 Å². The first kappa shape index (κ1) is 16.5. The minimum Gasteiger partial charge on any atom is -0.468 e. The Bertz CT molecular complexity index is 694. The second kappa shape index (κ2) is 6.47. The predicted octanol–water partition coefficient (Wildman–Crippen LogP) is 2.03. The molecule has 122 valence electrons. The molecule has 1 aliphatic heterocycles. The summed E-state index contributed by atoms with van der Waals surface area (Å²) in [5.41, 5.74) is 1.52. The van der Waals surface area contributed by atoms with E-state index in [2.05, 4.69) is 4.99 Å². The smallest absolute Gasteiger partial charge is 0.338 e. The van der Waals surface area contributed by atoms with Crippen molar-refractivity contribution in [3.05, 3.63) is 51.2 Å². The summed E-state index contributed by atoms with van der Waals surface area (Å²) in [5, 5.41) is 10.8. The Kier molecular flexibility index (Phi) is 4.63. The van der Waals surface area contributed by atoms with Crippen molar-refractivity contribution < 1.29 is 19.2 Å². The maximum Gasteiger partial charge on any atom is 0.338 e. The number of rotatable bonds is 3. The Morgan fingerprint density at radius 1 is 1.30 bits per heavy atom. The predicted molar refractivity (Wildman–Crippen MR) is 82.8 cm³/mol. The molecule has 0 amide bonds. The summed E-state index contributed by atoms with van der Waals surface area (Å²) in [5.74, 6) is -0.503. The lowest BCUT2D eigenvalue weighted by atomic mass is 9.94. The number of amidine groups is 1. The van der Waals surface area contributed by atoms with Crippen molar-refractivity contribution in [2.75, 3.05) is 21.3 Å². The standard InChI is InChI=1S/C15H17N3O5/c1-9-12(14(19)22-3)13(17(2)15(16-9)23-4)10-5-7-11(8-6-10)18(20)21/h5-8,13H,1-4H3. The molecule has 0 N–H and O–H groups in total. The molecule has 0 bridgehead atoms. The summed E-state index contributed by atoms with van der Waals surface area (Å²) in [4.78, 5) is 28.4. The number of nitro benzene ring substituents is 1. The molecule has 2 rings (SSSR count).